The number of halogens is 1. The molecule has 0 radical (unpaired) electrons. The first-order valence-corrected chi connectivity index (χ1v) is 7.80. The molecular weight excluding hydrogens is 345 g/mol. The minimum Gasteiger partial charge on any atom is -0.474 e. The van der Waals surface area contributed by atoms with Gasteiger partial charge in [-0.3, -0.25) is 0 Å². The molecule has 0 spiro atoms. The molecule has 0 amide bonds. The van der Waals surface area contributed by atoms with Crippen LogP contribution in [0.4, 0.5) is 0 Å². The van der Waals surface area contributed by atoms with Gasteiger partial charge in [-0.2, -0.15) is 5.26 Å². The third-order valence-corrected chi connectivity index (χ3v) is 7.10. The molecule has 0 aliphatic heterocycles. The fourth-order valence-corrected chi connectivity index (χ4v) is 6.50. The van der Waals surface area contributed by atoms with E-state index in [-0.39, 0.29) is 0 Å². The lowest BCUT2D eigenvalue weighted by atomic mass is 10.3. The molecule has 1 heterocycles. The lowest BCUT2D eigenvalue weighted by Gasteiger charge is -1.90. The largest absolute Gasteiger partial charge is 0.474 e. The molecule has 0 aromatic carbocycles. The quantitative estimate of drug-likeness (QED) is 0.514. The summed E-state index contributed by atoms with van der Waals surface area (Å²) in [5, 5.41) is 18.1. The third-order valence-electron chi connectivity index (χ3n) is 1.87. The van der Waals surface area contributed by atoms with Gasteiger partial charge in [0.1, 0.15) is 21.0 Å². The van der Waals surface area contributed by atoms with Crippen LogP contribution >= 0.6 is 44.8 Å². The molecule has 0 saturated heterocycles. The van der Waals surface area contributed by atoms with E-state index in [9.17, 15) is 4.79 Å². The van der Waals surface area contributed by atoms with Crippen LogP contribution in [0.5, 0.6) is 0 Å². The molecule has 3 nitrogen and oxygen atoms in total. The number of nitrogens with zero attached hydrogens (tertiary/aromatic N) is 1. The van der Waals surface area contributed by atoms with E-state index in [0.717, 1.165) is 9.96 Å². The van der Waals surface area contributed by atoms with E-state index in [1.165, 1.54) is 11.8 Å². The Morgan fingerprint density at radius 1 is 1.73 bits per heavy atom. The zero-order valence-corrected chi connectivity index (χ0v) is 12.0. The van der Waals surface area contributed by atoms with Gasteiger partial charge < -0.3 is 5.11 Å². The van der Waals surface area contributed by atoms with Crippen LogP contribution in [0.2, 0.25) is 0 Å². The number of aromatic carboxylic acids is 1. The Morgan fingerprint density at radius 3 is 2.67 bits per heavy atom. The fourth-order valence-electron chi connectivity index (χ4n) is 1.30. The van der Waals surface area contributed by atoms with Crippen molar-refractivity contribution in [2.75, 3.05) is 6.26 Å². The summed E-state index contributed by atoms with van der Waals surface area (Å²) in [4.78, 5) is 11.5. The van der Waals surface area contributed by atoms with Crippen LogP contribution in [0.1, 0.15) is 22.2 Å². The van der Waals surface area contributed by atoms with Crippen molar-refractivity contribution in [3.05, 3.63) is 14.0 Å². The second-order valence-electron chi connectivity index (χ2n) is 2.61. The highest BCUT2D eigenvalue weighted by molar-refractivity contribution is 14.1. The van der Waals surface area contributed by atoms with Gasteiger partial charge in [0.15, 0.2) is 0 Å². The van der Waals surface area contributed by atoms with E-state index in [2.05, 4.69) is 6.07 Å². The fraction of sp³-hybridized carbons (Fsp3) is 0.333. The highest BCUT2D eigenvalue weighted by Crippen LogP contribution is 2.44. The molecule has 0 aliphatic carbocycles. The van der Waals surface area contributed by atoms with Gasteiger partial charge in [-0.1, -0.05) is 11.8 Å². The number of carboxylic acids is 1. The Balaban J connectivity index is 3.60. The van der Waals surface area contributed by atoms with Crippen LogP contribution in [-0.2, 0) is 5.75 Å². The molecule has 1 aromatic rings. The number of thioether (sulfide) groups is 1. The molecule has 80 valence electrons. The third kappa shape index (κ3) is 2.14. The van der Waals surface area contributed by atoms with Crippen molar-refractivity contribution >= 4 is 50.8 Å². The van der Waals surface area contributed by atoms with E-state index in [1.807, 2.05) is 35.8 Å². The molecule has 0 fully saturated rings. The zero-order chi connectivity index (χ0) is 11.6. The lowest BCUT2D eigenvalue weighted by Crippen LogP contribution is -1.96. The second-order valence-corrected chi connectivity index (χ2v) is 6.94. The molecule has 1 atom stereocenters. The maximum atomic E-state index is 11.1. The first-order valence-electron chi connectivity index (χ1n) is 4.11. The Morgan fingerprint density at radius 2 is 2.33 bits per heavy atom. The molecule has 1 N–H and O–H groups in total. The van der Waals surface area contributed by atoms with Crippen LogP contribution < -0.4 is 0 Å². The van der Waals surface area contributed by atoms with Crippen molar-refractivity contribution < 1.29 is 9.90 Å². The van der Waals surface area contributed by atoms with Gasteiger partial charge in [0.25, 0.3) is 4.88 Å². The monoisotopic (exact) mass is 354 g/mol. The summed E-state index contributed by atoms with van der Waals surface area (Å²) < 4.78 is 1.53. The molecule has 1 rings (SSSR count). The van der Waals surface area contributed by atoms with Crippen LogP contribution in [0.25, 0.3) is 0 Å². The first kappa shape index (κ1) is 12.8. The summed E-state index contributed by atoms with van der Waals surface area (Å²) in [5.74, 6) is -0.156. The molecule has 0 saturated carbocycles. The topological polar surface area (TPSA) is 61.1 Å². The Labute approximate surface area is 109 Å². The van der Waals surface area contributed by atoms with Crippen molar-refractivity contribution in [1.29, 1.82) is 5.26 Å². The molecule has 1 aromatic heterocycles. The maximum Gasteiger partial charge on any atom is 0.390 e. The van der Waals surface area contributed by atoms with E-state index in [4.69, 9.17) is 10.4 Å². The Kier molecular flexibility index (Phi) is 4.43. The number of carboxylic acid groups (broad SMARTS) is 1. The SMILES string of the molecule is CC[s+]1c(SC)c(C#N)c(I)c1C(=O)O. The molecular formula is C9H9INO2S2+. The van der Waals surface area contributed by atoms with E-state index < -0.39 is 16.4 Å². The molecule has 15 heavy (non-hydrogen) atoms. The van der Waals surface area contributed by atoms with Crippen LogP contribution in [0.15, 0.2) is 4.21 Å². The number of nitriles is 1. The number of thiophene rings is 1. The predicted molar refractivity (Wildman–Crippen MR) is 70.8 cm³/mol. The Bertz CT molecular complexity index is 448. The van der Waals surface area contributed by atoms with Gasteiger partial charge in [0, 0.05) is 10.5 Å². The maximum absolute atomic E-state index is 11.1. The number of hydrogen-bond donors (Lipinski definition) is 1. The summed E-state index contributed by atoms with van der Waals surface area (Å²) in [6, 6.07) is 2.10. The zero-order valence-electron chi connectivity index (χ0n) is 8.20. The van der Waals surface area contributed by atoms with Gasteiger partial charge >= 0.3 is 5.97 Å². The summed E-state index contributed by atoms with van der Waals surface area (Å²) in [7, 11) is -0.407. The van der Waals surface area contributed by atoms with Crippen molar-refractivity contribution in [1.82, 2.24) is 0 Å². The normalized spacial score (nSPS) is 11.2. The average molecular weight is 354 g/mol. The predicted octanol–water partition coefficient (Wildman–Crippen LogP) is 3.35. The first-order chi connectivity index (χ1) is 7.08. The second kappa shape index (κ2) is 5.18. The number of rotatable bonds is 3. The highest BCUT2D eigenvalue weighted by atomic mass is 127. The number of carbonyl (C=O) groups is 1. The summed E-state index contributed by atoms with van der Waals surface area (Å²) in [6.45, 7) is 1.95. The van der Waals surface area contributed by atoms with Crippen molar-refractivity contribution in [2.24, 2.45) is 0 Å². The lowest BCUT2D eigenvalue weighted by molar-refractivity contribution is 0.0701. The molecule has 0 aliphatic rings. The minimum atomic E-state index is -0.901. The van der Waals surface area contributed by atoms with Crippen LogP contribution in [-0.4, -0.2) is 17.3 Å². The van der Waals surface area contributed by atoms with Crippen molar-refractivity contribution in [2.45, 2.75) is 16.9 Å². The summed E-state index contributed by atoms with van der Waals surface area (Å²) in [6.07, 6.45) is 1.89. The van der Waals surface area contributed by atoms with Crippen LogP contribution in [0.3, 0.4) is 0 Å². The molecule has 0 bridgehead atoms. The molecule has 1 unspecified atom stereocenters. The van der Waals surface area contributed by atoms with E-state index in [1.54, 1.807) is 0 Å². The van der Waals surface area contributed by atoms with Gasteiger partial charge in [0.05, 0.1) is 0 Å². The average Bonchev–Trinajstić information content (AvgIpc) is 2.49. The summed E-state index contributed by atoms with van der Waals surface area (Å²) >= 11 is 3.44. The van der Waals surface area contributed by atoms with E-state index >= 15 is 0 Å². The standard InChI is InChI=1S/C9H8INO2S2/c1-3-15-7(8(12)13)6(10)5(4-11)9(15)14-2/h3H2,1-2H3/p+1. The van der Waals surface area contributed by atoms with Crippen LogP contribution in [0, 0.1) is 14.9 Å². The van der Waals surface area contributed by atoms with Gasteiger partial charge in [0.2, 0.25) is 4.21 Å². The smallest absolute Gasteiger partial charge is 0.390 e. The van der Waals surface area contributed by atoms with Crippen molar-refractivity contribution in [3.63, 3.8) is 0 Å². The van der Waals surface area contributed by atoms with Crippen molar-refractivity contribution in [3.8, 4) is 6.07 Å². The van der Waals surface area contributed by atoms with Gasteiger partial charge in [-0.05, 0) is 35.8 Å². The highest BCUT2D eigenvalue weighted by Gasteiger charge is 2.34. The van der Waals surface area contributed by atoms with Gasteiger partial charge in [-0.25, -0.2) is 4.79 Å². The van der Waals surface area contributed by atoms with Gasteiger partial charge in [-0.15, -0.1) is 0 Å². The van der Waals surface area contributed by atoms with E-state index in [0.29, 0.717) is 14.0 Å². The minimum absolute atomic E-state index is 0.402. The Hall–Kier alpha value is -0.260. The number of hydrogen-bond acceptors (Lipinski definition) is 3. The molecule has 6 heteroatoms. The summed E-state index contributed by atoms with van der Waals surface area (Å²) in [5.41, 5.74) is 0.547.